The predicted molar refractivity (Wildman–Crippen MR) is 99.3 cm³/mol. The summed E-state index contributed by atoms with van der Waals surface area (Å²) in [5.41, 5.74) is 0.410. The Labute approximate surface area is 153 Å². The molecular formula is C15H23Cl2N3O3S. The summed E-state index contributed by atoms with van der Waals surface area (Å²) in [5.74, 6) is -0.319. The topological polar surface area (TPSA) is 69.7 Å². The van der Waals surface area contributed by atoms with Crippen molar-refractivity contribution in [3.05, 3.63) is 28.2 Å². The highest BCUT2D eigenvalue weighted by Crippen LogP contribution is 2.25. The Bertz CT molecular complexity index is 666. The van der Waals surface area contributed by atoms with Gasteiger partial charge in [0, 0.05) is 24.5 Å². The molecule has 0 radical (unpaired) electrons. The average Bonchev–Trinajstić information content (AvgIpc) is 2.44. The lowest BCUT2D eigenvalue weighted by Crippen LogP contribution is -2.35. The number of carbonyl (C=O) groups is 1. The van der Waals surface area contributed by atoms with Gasteiger partial charge in [0.05, 0.1) is 17.0 Å². The number of hydrogen-bond donors (Lipinski definition) is 1. The first kappa shape index (κ1) is 21.2. The normalized spacial score (nSPS) is 12.0. The molecule has 0 heterocycles. The van der Waals surface area contributed by atoms with Gasteiger partial charge in [-0.3, -0.25) is 4.79 Å². The average molecular weight is 396 g/mol. The van der Waals surface area contributed by atoms with E-state index in [9.17, 15) is 13.2 Å². The molecule has 1 aromatic rings. The number of amides is 1. The third-order valence-electron chi connectivity index (χ3n) is 3.27. The second-order valence-corrected chi connectivity index (χ2v) is 8.57. The molecule has 0 atom stereocenters. The molecule has 0 bridgehead atoms. The lowest BCUT2D eigenvalue weighted by Gasteiger charge is -2.20. The number of anilines is 1. The summed E-state index contributed by atoms with van der Waals surface area (Å²) >= 11 is 11.9. The van der Waals surface area contributed by atoms with Gasteiger partial charge in [0.2, 0.25) is 15.9 Å². The van der Waals surface area contributed by atoms with Crippen LogP contribution in [0.5, 0.6) is 0 Å². The largest absolute Gasteiger partial charge is 0.325 e. The lowest BCUT2D eigenvalue weighted by atomic mass is 10.3. The molecule has 0 aliphatic rings. The second kappa shape index (κ2) is 9.58. The van der Waals surface area contributed by atoms with Crippen LogP contribution in [0.2, 0.25) is 10.0 Å². The minimum atomic E-state index is -3.36. The summed E-state index contributed by atoms with van der Waals surface area (Å²) < 4.78 is 25.0. The highest BCUT2D eigenvalue weighted by atomic mass is 35.5. The van der Waals surface area contributed by atoms with Gasteiger partial charge in [-0.15, -0.1) is 0 Å². The van der Waals surface area contributed by atoms with Gasteiger partial charge in [0.1, 0.15) is 0 Å². The van der Waals surface area contributed by atoms with Crippen molar-refractivity contribution in [2.75, 3.05) is 45.3 Å². The third-order valence-corrected chi connectivity index (χ3v) is 5.14. The van der Waals surface area contributed by atoms with Crippen molar-refractivity contribution >= 4 is 44.8 Å². The van der Waals surface area contributed by atoms with Crippen molar-refractivity contribution in [1.29, 1.82) is 0 Å². The molecule has 0 spiro atoms. The minimum absolute atomic E-state index is 0.0396. The van der Waals surface area contributed by atoms with E-state index in [1.165, 1.54) is 4.31 Å². The van der Waals surface area contributed by atoms with E-state index in [1.54, 1.807) is 18.2 Å². The maximum Gasteiger partial charge on any atom is 0.225 e. The summed E-state index contributed by atoms with van der Waals surface area (Å²) in [6.07, 6.45) is 1.88. The van der Waals surface area contributed by atoms with Gasteiger partial charge in [-0.2, -0.15) is 0 Å². The zero-order valence-electron chi connectivity index (χ0n) is 14.1. The molecule has 0 aliphatic carbocycles. The molecule has 0 fully saturated rings. The van der Waals surface area contributed by atoms with Gasteiger partial charge in [0.15, 0.2) is 0 Å². The molecule has 6 nitrogen and oxygen atoms in total. The standard InChI is InChI=1S/C15H23Cl2N3O3S/c1-19(2)8-4-9-20(24(3,22)23)10-7-15(21)18-14-11-12(16)5-6-13(14)17/h5-6,11H,4,7-10H2,1-3H3,(H,18,21). The van der Waals surface area contributed by atoms with Crippen molar-refractivity contribution in [3.8, 4) is 0 Å². The van der Waals surface area contributed by atoms with Crippen molar-refractivity contribution in [2.24, 2.45) is 0 Å². The van der Waals surface area contributed by atoms with Gasteiger partial charge < -0.3 is 10.2 Å². The summed E-state index contributed by atoms with van der Waals surface area (Å²) in [6.45, 7) is 1.27. The number of carbonyl (C=O) groups excluding carboxylic acids is 1. The Hall–Kier alpha value is -0.860. The number of hydrogen-bond acceptors (Lipinski definition) is 4. The highest BCUT2D eigenvalue weighted by Gasteiger charge is 2.18. The molecule has 1 rings (SSSR count). The number of nitrogens with zero attached hydrogens (tertiary/aromatic N) is 2. The summed E-state index contributed by atoms with van der Waals surface area (Å²) in [5, 5.41) is 3.48. The Balaban J connectivity index is 2.59. The SMILES string of the molecule is CN(C)CCCN(CCC(=O)Nc1cc(Cl)ccc1Cl)S(C)(=O)=O. The van der Waals surface area contributed by atoms with Crippen LogP contribution in [-0.4, -0.2) is 63.5 Å². The number of rotatable bonds is 9. The van der Waals surface area contributed by atoms with E-state index in [0.29, 0.717) is 28.7 Å². The predicted octanol–water partition coefficient (Wildman–Crippen LogP) is 2.54. The van der Waals surface area contributed by atoms with Crippen LogP contribution in [-0.2, 0) is 14.8 Å². The molecule has 0 aromatic heterocycles. The van der Waals surface area contributed by atoms with Crippen LogP contribution in [0.3, 0.4) is 0 Å². The van der Waals surface area contributed by atoms with Crippen LogP contribution in [0.15, 0.2) is 18.2 Å². The number of benzene rings is 1. The van der Waals surface area contributed by atoms with E-state index >= 15 is 0 Å². The Morgan fingerprint density at radius 1 is 1.17 bits per heavy atom. The van der Waals surface area contributed by atoms with E-state index in [0.717, 1.165) is 12.8 Å². The van der Waals surface area contributed by atoms with Crippen LogP contribution in [0, 0.1) is 0 Å². The number of sulfonamides is 1. The summed E-state index contributed by atoms with van der Waals surface area (Å²) in [7, 11) is 0.489. The molecule has 0 aliphatic heterocycles. The molecule has 136 valence electrons. The van der Waals surface area contributed by atoms with Crippen molar-refractivity contribution < 1.29 is 13.2 Å². The van der Waals surface area contributed by atoms with Crippen LogP contribution < -0.4 is 5.32 Å². The fourth-order valence-corrected chi connectivity index (χ4v) is 3.26. The molecular weight excluding hydrogens is 373 g/mol. The third kappa shape index (κ3) is 7.81. The Morgan fingerprint density at radius 2 is 1.83 bits per heavy atom. The Kier molecular flexibility index (Phi) is 8.45. The van der Waals surface area contributed by atoms with Gasteiger partial charge >= 0.3 is 0 Å². The van der Waals surface area contributed by atoms with Crippen LogP contribution in [0.25, 0.3) is 0 Å². The molecule has 24 heavy (non-hydrogen) atoms. The minimum Gasteiger partial charge on any atom is -0.325 e. The molecule has 9 heteroatoms. The Morgan fingerprint density at radius 3 is 2.42 bits per heavy atom. The fraction of sp³-hybridized carbons (Fsp3) is 0.533. The molecule has 1 aromatic carbocycles. The molecule has 0 unspecified atom stereocenters. The lowest BCUT2D eigenvalue weighted by molar-refractivity contribution is -0.116. The molecule has 0 saturated carbocycles. The van der Waals surface area contributed by atoms with Gasteiger partial charge in [-0.25, -0.2) is 12.7 Å². The first-order valence-corrected chi connectivity index (χ1v) is 10.0. The van der Waals surface area contributed by atoms with Crippen LogP contribution >= 0.6 is 23.2 Å². The highest BCUT2D eigenvalue weighted by molar-refractivity contribution is 7.88. The first-order valence-electron chi connectivity index (χ1n) is 7.44. The van der Waals surface area contributed by atoms with Crippen LogP contribution in [0.1, 0.15) is 12.8 Å². The molecule has 0 saturated heterocycles. The van der Waals surface area contributed by atoms with Crippen LogP contribution in [0.4, 0.5) is 5.69 Å². The monoisotopic (exact) mass is 395 g/mol. The molecule has 1 N–H and O–H groups in total. The maximum atomic E-state index is 12.0. The van der Waals surface area contributed by atoms with Gasteiger partial charge in [0.25, 0.3) is 0 Å². The zero-order valence-corrected chi connectivity index (χ0v) is 16.4. The zero-order chi connectivity index (χ0) is 18.3. The fourth-order valence-electron chi connectivity index (χ4n) is 2.04. The number of nitrogens with one attached hydrogen (secondary N) is 1. The van der Waals surface area contributed by atoms with Gasteiger partial charge in [-0.1, -0.05) is 23.2 Å². The van der Waals surface area contributed by atoms with Crippen molar-refractivity contribution in [3.63, 3.8) is 0 Å². The smallest absolute Gasteiger partial charge is 0.225 e. The van der Waals surface area contributed by atoms with Crippen molar-refractivity contribution in [2.45, 2.75) is 12.8 Å². The van der Waals surface area contributed by atoms with E-state index in [-0.39, 0.29) is 18.9 Å². The van der Waals surface area contributed by atoms with E-state index < -0.39 is 10.0 Å². The number of halogens is 2. The van der Waals surface area contributed by atoms with E-state index in [2.05, 4.69) is 5.32 Å². The summed E-state index contributed by atoms with van der Waals surface area (Å²) in [4.78, 5) is 14.0. The maximum absolute atomic E-state index is 12.0. The molecule has 1 amide bonds. The second-order valence-electron chi connectivity index (χ2n) is 5.74. The quantitative estimate of drug-likeness (QED) is 0.697. The van der Waals surface area contributed by atoms with Crippen molar-refractivity contribution in [1.82, 2.24) is 9.21 Å². The summed E-state index contributed by atoms with van der Waals surface area (Å²) in [6, 6.07) is 4.76. The van der Waals surface area contributed by atoms with E-state index in [4.69, 9.17) is 23.2 Å². The first-order chi connectivity index (χ1) is 11.1. The van der Waals surface area contributed by atoms with E-state index in [1.807, 2.05) is 19.0 Å². The van der Waals surface area contributed by atoms with Gasteiger partial charge in [-0.05, 0) is 45.3 Å².